The molecular formula is C22H31N3O3. The summed E-state index contributed by atoms with van der Waals surface area (Å²) in [5.74, 6) is 2.31. The number of rotatable bonds is 9. The normalized spacial score (nSPS) is 15.7. The summed E-state index contributed by atoms with van der Waals surface area (Å²) >= 11 is 0. The van der Waals surface area contributed by atoms with Crippen molar-refractivity contribution in [3.8, 4) is 5.75 Å². The highest BCUT2D eigenvalue weighted by Crippen LogP contribution is 2.26. The van der Waals surface area contributed by atoms with Crippen LogP contribution in [0.15, 0.2) is 40.8 Å². The molecule has 28 heavy (non-hydrogen) atoms. The molecule has 1 aromatic heterocycles. The number of furan rings is 1. The van der Waals surface area contributed by atoms with Gasteiger partial charge in [-0.05, 0) is 71.2 Å². The fourth-order valence-corrected chi connectivity index (χ4v) is 3.50. The first kappa shape index (κ1) is 20.4. The van der Waals surface area contributed by atoms with Crippen LogP contribution in [0.4, 0.5) is 0 Å². The number of likely N-dealkylation sites (tertiary alicyclic amines) is 1. The van der Waals surface area contributed by atoms with Crippen LogP contribution in [0.3, 0.4) is 0 Å². The molecule has 1 aromatic carbocycles. The molecule has 1 fully saturated rings. The largest absolute Gasteiger partial charge is 0.491 e. The molecule has 2 aromatic rings. The van der Waals surface area contributed by atoms with Crippen molar-refractivity contribution < 1.29 is 13.9 Å². The minimum Gasteiger partial charge on any atom is -0.491 e. The molecule has 1 atom stereocenters. The maximum Gasteiger partial charge on any atom is 0.255 e. The highest BCUT2D eigenvalue weighted by Gasteiger charge is 2.26. The lowest BCUT2D eigenvalue weighted by molar-refractivity contribution is 0.0929. The lowest BCUT2D eigenvalue weighted by atomic mass is 10.1. The molecule has 1 amide bonds. The van der Waals surface area contributed by atoms with Crippen molar-refractivity contribution >= 4 is 5.91 Å². The minimum atomic E-state index is -0.118. The minimum absolute atomic E-state index is 0.0574. The van der Waals surface area contributed by atoms with Gasteiger partial charge in [-0.3, -0.25) is 9.69 Å². The van der Waals surface area contributed by atoms with E-state index in [2.05, 4.69) is 15.1 Å². The van der Waals surface area contributed by atoms with E-state index in [0.717, 1.165) is 31.2 Å². The number of hydrogen-bond acceptors (Lipinski definition) is 5. The van der Waals surface area contributed by atoms with Crippen LogP contribution in [0, 0.1) is 6.92 Å². The van der Waals surface area contributed by atoms with E-state index < -0.39 is 0 Å². The maximum atomic E-state index is 12.9. The van der Waals surface area contributed by atoms with Crippen LogP contribution in [-0.4, -0.2) is 62.6 Å². The second-order valence-electron chi connectivity index (χ2n) is 7.57. The van der Waals surface area contributed by atoms with Gasteiger partial charge in [0.2, 0.25) is 0 Å². The molecule has 1 unspecified atom stereocenters. The number of para-hydroxylation sites is 1. The summed E-state index contributed by atoms with van der Waals surface area (Å²) in [5.41, 5.74) is 0.567. The number of carbonyl (C=O) groups is 1. The summed E-state index contributed by atoms with van der Waals surface area (Å²) in [6, 6.07) is 11.5. The molecule has 1 saturated heterocycles. The zero-order chi connectivity index (χ0) is 19.9. The van der Waals surface area contributed by atoms with E-state index in [0.29, 0.717) is 24.5 Å². The van der Waals surface area contributed by atoms with Gasteiger partial charge in [-0.25, -0.2) is 0 Å². The molecular weight excluding hydrogens is 354 g/mol. The molecule has 1 aliphatic rings. The van der Waals surface area contributed by atoms with Crippen molar-refractivity contribution in [2.45, 2.75) is 25.8 Å². The maximum absolute atomic E-state index is 12.9. The molecule has 1 N–H and O–H groups in total. The lowest BCUT2D eigenvalue weighted by Gasteiger charge is -2.26. The van der Waals surface area contributed by atoms with E-state index in [-0.39, 0.29) is 11.9 Å². The molecule has 152 valence electrons. The molecule has 2 heterocycles. The van der Waals surface area contributed by atoms with Gasteiger partial charge in [-0.15, -0.1) is 0 Å². The van der Waals surface area contributed by atoms with Gasteiger partial charge >= 0.3 is 0 Å². The first-order valence-corrected chi connectivity index (χ1v) is 9.99. The van der Waals surface area contributed by atoms with Gasteiger partial charge in [-0.2, -0.15) is 0 Å². The van der Waals surface area contributed by atoms with Crippen LogP contribution in [0.25, 0.3) is 0 Å². The van der Waals surface area contributed by atoms with E-state index in [1.54, 1.807) is 0 Å². The zero-order valence-corrected chi connectivity index (χ0v) is 17.1. The van der Waals surface area contributed by atoms with Crippen molar-refractivity contribution in [3.05, 3.63) is 53.5 Å². The number of amides is 1. The molecule has 0 radical (unpaired) electrons. The summed E-state index contributed by atoms with van der Waals surface area (Å²) in [6.45, 7) is 5.86. The predicted octanol–water partition coefficient (Wildman–Crippen LogP) is 3.10. The number of nitrogens with one attached hydrogen (secondary N) is 1. The highest BCUT2D eigenvalue weighted by atomic mass is 16.5. The van der Waals surface area contributed by atoms with Gasteiger partial charge < -0.3 is 19.4 Å². The van der Waals surface area contributed by atoms with E-state index in [4.69, 9.17) is 9.15 Å². The van der Waals surface area contributed by atoms with Crippen LogP contribution in [0.5, 0.6) is 5.75 Å². The van der Waals surface area contributed by atoms with Gasteiger partial charge in [0.05, 0.1) is 11.6 Å². The highest BCUT2D eigenvalue weighted by molar-refractivity contribution is 5.96. The van der Waals surface area contributed by atoms with Gasteiger partial charge in [0.1, 0.15) is 23.9 Å². The van der Waals surface area contributed by atoms with Crippen molar-refractivity contribution in [1.29, 1.82) is 0 Å². The van der Waals surface area contributed by atoms with Crippen molar-refractivity contribution in [1.82, 2.24) is 15.1 Å². The molecule has 6 heteroatoms. The number of carbonyl (C=O) groups excluding carboxylic acids is 1. The summed E-state index contributed by atoms with van der Waals surface area (Å²) in [6.07, 6.45) is 2.37. The summed E-state index contributed by atoms with van der Waals surface area (Å²) in [5, 5.41) is 3.09. The molecule has 0 aliphatic carbocycles. The van der Waals surface area contributed by atoms with Gasteiger partial charge in [0.25, 0.3) is 5.91 Å². The third-order valence-electron chi connectivity index (χ3n) is 5.05. The van der Waals surface area contributed by atoms with Crippen LogP contribution >= 0.6 is 0 Å². The molecule has 6 nitrogen and oxygen atoms in total. The van der Waals surface area contributed by atoms with Crippen molar-refractivity contribution in [2.75, 3.05) is 46.9 Å². The number of ether oxygens (including phenoxy) is 1. The van der Waals surface area contributed by atoms with Gasteiger partial charge in [0.15, 0.2) is 0 Å². The number of hydrogen-bond donors (Lipinski definition) is 1. The predicted molar refractivity (Wildman–Crippen MR) is 110 cm³/mol. The zero-order valence-electron chi connectivity index (χ0n) is 17.1. The topological polar surface area (TPSA) is 58.0 Å². The number of aryl methyl sites for hydroxylation is 1. The monoisotopic (exact) mass is 385 g/mol. The van der Waals surface area contributed by atoms with Crippen LogP contribution in [0.1, 0.15) is 40.8 Å². The Balaban J connectivity index is 1.66. The Morgan fingerprint density at radius 3 is 2.64 bits per heavy atom. The molecule has 0 bridgehead atoms. The summed E-state index contributed by atoms with van der Waals surface area (Å²) in [7, 11) is 3.99. The summed E-state index contributed by atoms with van der Waals surface area (Å²) in [4.78, 5) is 17.3. The molecule has 0 saturated carbocycles. The summed E-state index contributed by atoms with van der Waals surface area (Å²) < 4.78 is 11.7. The Bertz CT molecular complexity index is 766. The Labute approximate surface area is 167 Å². The van der Waals surface area contributed by atoms with Crippen LogP contribution < -0.4 is 10.1 Å². The first-order chi connectivity index (χ1) is 13.5. The van der Waals surface area contributed by atoms with E-state index in [1.165, 1.54) is 12.8 Å². The quantitative estimate of drug-likeness (QED) is 0.719. The Morgan fingerprint density at radius 2 is 1.96 bits per heavy atom. The Hall–Kier alpha value is -2.31. The number of benzene rings is 1. The molecule has 0 spiro atoms. The average Bonchev–Trinajstić information content (AvgIpc) is 3.34. The second kappa shape index (κ2) is 9.75. The Kier molecular flexibility index (Phi) is 7.12. The van der Waals surface area contributed by atoms with Crippen molar-refractivity contribution in [3.63, 3.8) is 0 Å². The lowest BCUT2D eigenvalue weighted by Crippen LogP contribution is -2.36. The second-order valence-corrected chi connectivity index (χ2v) is 7.57. The van der Waals surface area contributed by atoms with E-state index >= 15 is 0 Å². The molecule has 3 rings (SSSR count). The SMILES string of the molecule is Cc1ccc(C(CNC(=O)c2ccccc2OCCN(C)C)N2CCCC2)o1. The number of nitrogens with zero attached hydrogens (tertiary/aromatic N) is 2. The first-order valence-electron chi connectivity index (χ1n) is 9.99. The average molecular weight is 386 g/mol. The third-order valence-corrected chi connectivity index (χ3v) is 5.05. The standard InChI is InChI=1S/C22H31N3O3/c1-17-10-11-21(28-17)19(25-12-6-7-13-25)16-23-22(26)18-8-4-5-9-20(18)27-15-14-24(2)3/h4-5,8-11,19H,6-7,12-16H2,1-3H3,(H,23,26). The smallest absolute Gasteiger partial charge is 0.255 e. The fraction of sp³-hybridized carbons (Fsp3) is 0.500. The number of likely N-dealkylation sites (N-methyl/N-ethyl adjacent to an activating group) is 1. The van der Waals surface area contributed by atoms with Gasteiger partial charge in [-0.1, -0.05) is 12.1 Å². The third kappa shape index (κ3) is 5.36. The van der Waals surface area contributed by atoms with Crippen molar-refractivity contribution in [2.24, 2.45) is 0 Å². The van der Waals surface area contributed by atoms with E-state index in [1.807, 2.05) is 57.4 Å². The fourth-order valence-electron chi connectivity index (χ4n) is 3.50. The molecule has 1 aliphatic heterocycles. The Morgan fingerprint density at radius 1 is 1.21 bits per heavy atom. The van der Waals surface area contributed by atoms with Crippen LogP contribution in [-0.2, 0) is 0 Å². The van der Waals surface area contributed by atoms with Gasteiger partial charge in [0, 0.05) is 13.1 Å². The van der Waals surface area contributed by atoms with E-state index in [9.17, 15) is 4.79 Å². The van der Waals surface area contributed by atoms with Crippen LogP contribution in [0.2, 0.25) is 0 Å².